The molecule has 8 rings (SSSR count). The summed E-state index contributed by atoms with van der Waals surface area (Å²) in [6, 6.07) is 20.6. The average Bonchev–Trinajstić information content (AvgIpc) is 4.08. The Labute approximate surface area is 441 Å². The predicted molar refractivity (Wildman–Crippen MR) is 281 cm³/mol. The fourth-order valence-corrected chi connectivity index (χ4v) is 11.2. The molecule has 0 saturated heterocycles. The summed E-state index contributed by atoms with van der Waals surface area (Å²) in [5, 5.41) is 1.25. The molecule has 0 radical (unpaired) electrons. The van der Waals surface area contributed by atoms with E-state index in [1.165, 1.54) is 22.7 Å². The normalized spacial score (nSPS) is 17.3. The van der Waals surface area contributed by atoms with E-state index in [1.54, 1.807) is 60.7 Å². The number of carbonyl (C=O) groups is 6. The van der Waals surface area contributed by atoms with Gasteiger partial charge < -0.3 is 37.9 Å². The molecule has 392 valence electrons. The molecular weight excluding hydrogens is 1000 g/mol. The second-order valence-electron chi connectivity index (χ2n) is 18.5. The second-order valence-corrected chi connectivity index (χ2v) is 20.5. The number of nitrogens with zero attached hydrogens (tertiary/aromatic N) is 2. The van der Waals surface area contributed by atoms with Gasteiger partial charge in [-0.05, 0) is 169 Å². The zero-order valence-electron chi connectivity index (χ0n) is 41.8. The Morgan fingerprint density at radius 3 is 1.53 bits per heavy atom. The molecule has 16 nitrogen and oxygen atoms in total. The van der Waals surface area contributed by atoms with Gasteiger partial charge in [-0.1, -0.05) is 19.2 Å². The predicted octanol–water partition coefficient (Wildman–Crippen LogP) is 11.6. The fraction of sp³-hybridized carbons (Fsp3) is 0.368. The van der Waals surface area contributed by atoms with Crippen molar-refractivity contribution >= 4 is 78.9 Å². The van der Waals surface area contributed by atoms with E-state index < -0.39 is 47.6 Å². The zero-order chi connectivity index (χ0) is 52.8. The van der Waals surface area contributed by atoms with E-state index in [-0.39, 0.29) is 30.2 Å². The minimum absolute atomic E-state index is 0.221. The van der Waals surface area contributed by atoms with Crippen LogP contribution in [0.2, 0.25) is 0 Å². The number of aryl methyl sites for hydroxylation is 2. The number of esters is 6. The SMILES string of the molecule is C=CC(=O)OCCCCCCOc1ccc(OC(=O)C2CCC(C(=O)Oc3ccc(OC(=O)C4CCC(C(=O)Oc5ccc(OCOC(=O)C=C)cc5)CC4)c4sc(-c5nc6c(C)cc(C)cc6s5)nc34)CC2)cc1. The molecule has 75 heavy (non-hydrogen) atoms. The van der Waals surface area contributed by atoms with E-state index in [9.17, 15) is 28.8 Å². The van der Waals surface area contributed by atoms with Crippen LogP contribution in [-0.2, 0) is 38.2 Å². The Balaban J connectivity index is 0.852. The van der Waals surface area contributed by atoms with Crippen LogP contribution in [0.3, 0.4) is 0 Å². The van der Waals surface area contributed by atoms with Crippen LogP contribution in [0.5, 0.6) is 34.5 Å². The molecule has 0 atom stereocenters. The molecule has 2 heterocycles. The van der Waals surface area contributed by atoms with Gasteiger partial charge >= 0.3 is 35.8 Å². The average molecular weight is 1060 g/mol. The number of fused-ring (bicyclic) bond motifs is 2. The smallest absolute Gasteiger partial charge is 0.333 e. The first-order valence-electron chi connectivity index (χ1n) is 25.1. The molecule has 6 aromatic rings. The van der Waals surface area contributed by atoms with Crippen LogP contribution in [0.1, 0.15) is 88.2 Å². The van der Waals surface area contributed by atoms with Gasteiger partial charge in [-0.2, -0.15) is 0 Å². The van der Waals surface area contributed by atoms with Gasteiger partial charge in [0.2, 0.25) is 6.79 Å². The number of carbonyl (C=O) groups excluding carboxylic acids is 6. The highest BCUT2D eigenvalue weighted by Gasteiger charge is 2.35. The van der Waals surface area contributed by atoms with Gasteiger partial charge in [0.15, 0.2) is 21.5 Å². The molecule has 18 heteroatoms. The summed E-state index contributed by atoms with van der Waals surface area (Å²) >= 11 is 2.80. The number of aromatic nitrogens is 2. The highest BCUT2D eigenvalue weighted by molar-refractivity contribution is 7.28. The highest BCUT2D eigenvalue weighted by atomic mass is 32.1. The van der Waals surface area contributed by atoms with Crippen molar-refractivity contribution in [2.45, 2.75) is 90.9 Å². The van der Waals surface area contributed by atoms with Crippen molar-refractivity contribution in [3.8, 4) is 44.5 Å². The van der Waals surface area contributed by atoms with E-state index in [0.29, 0.717) is 108 Å². The molecule has 2 aliphatic carbocycles. The standard InChI is InChI=1S/C57H58N2O14S2/c1-5-47(60)67-30-10-8-7-9-29-66-40-19-23-42(24-20-40)70-54(62)36-11-15-38(16-12-36)56(64)72-44-27-28-45(51-50(44)59-53(75-51)52-58-49-35(4)31-34(3)32-46(49)74-52)73-57(65)39-17-13-37(14-18-39)55(63)71-43-25-21-41(22-26-43)68-33-69-48(61)6-2/h5-6,19-28,31-32,36-39H,1-2,7-18,29-30,33H2,3-4H3. The Bertz CT molecular complexity index is 3040. The number of hydrogen-bond acceptors (Lipinski definition) is 18. The van der Waals surface area contributed by atoms with Crippen LogP contribution in [0.4, 0.5) is 0 Å². The van der Waals surface area contributed by atoms with Gasteiger partial charge in [-0.15, -0.1) is 22.7 Å². The second kappa shape index (κ2) is 25.7. The maximum absolute atomic E-state index is 13.8. The lowest BCUT2D eigenvalue weighted by Gasteiger charge is -2.26. The first kappa shape index (κ1) is 53.8. The maximum atomic E-state index is 13.8. The number of benzene rings is 4. The monoisotopic (exact) mass is 1060 g/mol. The van der Waals surface area contributed by atoms with Crippen LogP contribution in [0.15, 0.2) is 98.1 Å². The van der Waals surface area contributed by atoms with Crippen LogP contribution in [0, 0.1) is 37.5 Å². The van der Waals surface area contributed by atoms with Crippen molar-refractivity contribution in [3.63, 3.8) is 0 Å². The van der Waals surface area contributed by atoms with E-state index in [0.717, 1.165) is 59.2 Å². The minimum atomic E-state index is -0.610. The molecule has 0 spiro atoms. The van der Waals surface area contributed by atoms with Gasteiger partial charge in [0.25, 0.3) is 0 Å². The van der Waals surface area contributed by atoms with Crippen molar-refractivity contribution in [2.24, 2.45) is 23.7 Å². The first-order valence-corrected chi connectivity index (χ1v) is 26.7. The lowest BCUT2D eigenvalue weighted by Crippen LogP contribution is -2.30. The minimum Gasteiger partial charge on any atom is -0.494 e. The molecular formula is C57H58N2O14S2. The quantitative estimate of drug-likeness (QED) is 0.0204. The van der Waals surface area contributed by atoms with Gasteiger partial charge in [-0.3, -0.25) is 19.2 Å². The number of ether oxygens (including phenoxy) is 8. The Morgan fingerprint density at radius 1 is 0.520 bits per heavy atom. The van der Waals surface area contributed by atoms with Crippen molar-refractivity contribution < 1.29 is 66.7 Å². The summed E-state index contributed by atoms with van der Waals surface area (Å²) in [6.07, 6.45) is 9.09. The fourth-order valence-electron chi connectivity index (χ4n) is 8.99. The lowest BCUT2D eigenvalue weighted by atomic mass is 9.82. The number of thiazole rings is 2. The highest BCUT2D eigenvalue weighted by Crippen LogP contribution is 2.44. The van der Waals surface area contributed by atoms with Crippen molar-refractivity contribution in [1.82, 2.24) is 9.97 Å². The zero-order valence-corrected chi connectivity index (χ0v) is 43.5. The molecule has 2 aliphatic rings. The van der Waals surface area contributed by atoms with E-state index in [2.05, 4.69) is 25.3 Å². The van der Waals surface area contributed by atoms with Crippen molar-refractivity contribution in [3.05, 3.63) is 109 Å². The third kappa shape index (κ3) is 14.4. The van der Waals surface area contributed by atoms with Gasteiger partial charge in [0.05, 0.1) is 47.1 Å². The van der Waals surface area contributed by atoms with E-state index >= 15 is 0 Å². The summed E-state index contributed by atoms with van der Waals surface area (Å²) in [7, 11) is 0. The topological polar surface area (TPSA) is 202 Å². The summed E-state index contributed by atoms with van der Waals surface area (Å²) < 4.78 is 46.1. The van der Waals surface area contributed by atoms with Crippen LogP contribution in [-0.4, -0.2) is 65.8 Å². The molecule has 2 aromatic heterocycles. The number of unbranched alkanes of at least 4 members (excludes halogenated alkanes) is 3. The molecule has 0 amide bonds. The van der Waals surface area contributed by atoms with Gasteiger partial charge in [-0.25, -0.2) is 19.6 Å². The molecule has 0 N–H and O–H groups in total. The number of rotatable bonds is 22. The summed E-state index contributed by atoms with van der Waals surface area (Å²) in [6.45, 7) is 11.4. The largest absolute Gasteiger partial charge is 0.494 e. The van der Waals surface area contributed by atoms with Gasteiger partial charge in [0.1, 0.15) is 33.2 Å². The van der Waals surface area contributed by atoms with Gasteiger partial charge in [0, 0.05) is 12.2 Å². The Morgan fingerprint density at radius 2 is 0.973 bits per heavy atom. The molecule has 4 aromatic carbocycles. The maximum Gasteiger partial charge on any atom is 0.333 e. The van der Waals surface area contributed by atoms with Crippen molar-refractivity contribution in [1.29, 1.82) is 0 Å². The molecule has 0 unspecified atom stereocenters. The first-order chi connectivity index (χ1) is 36.3. The van der Waals surface area contributed by atoms with Crippen molar-refractivity contribution in [2.75, 3.05) is 20.0 Å². The summed E-state index contributed by atoms with van der Waals surface area (Å²) in [5.41, 5.74) is 3.38. The summed E-state index contributed by atoms with van der Waals surface area (Å²) in [5.74, 6) is -2.07. The van der Waals surface area contributed by atoms with E-state index in [1.807, 2.05) is 13.8 Å². The molecule has 0 aliphatic heterocycles. The van der Waals surface area contributed by atoms with Crippen LogP contribution in [0.25, 0.3) is 30.4 Å². The molecule has 2 fully saturated rings. The Kier molecular flexibility index (Phi) is 18.4. The Hall–Kier alpha value is -7.44. The molecule has 0 bridgehead atoms. The third-order valence-electron chi connectivity index (χ3n) is 13.1. The number of hydrogen-bond donors (Lipinski definition) is 0. The van der Waals surface area contributed by atoms with E-state index in [4.69, 9.17) is 47.9 Å². The molecule has 2 saturated carbocycles. The van der Waals surface area contributed by atoms with Crippen LogP contribution >= 0.6 is 22.7 Å². The van der Waals surface area contributed by atoms with Crippen LogP contribution < -0.4 is 28.4 Å². The lowest BCUT2D eigenvalue weighted by molar-refractivity contribution is -0.145. The third-order valence-corrected chi connectivity index (χ3v) is 15.3. The summed E-state index contributed by atoms with van der Waals surface area (Å²) in [4.78, 5) is 86.3.